The summed E-state index contributed by atoms with van der Waals surface area (Å²) >= 11 is 0. The van der Waals surface area contributed by atoms with Crippen molar-refractivity contribution in [2.45, 2.75) is 31.7 Å². The number of carbonyl (C=O) groups is 1. The number of fused-ring (bicyclic) bond motifs is 1. The van der Waals surface area contributed by atoms with Gasteiger partial charge >= 0.3 is 0 Å². The zero-order valence-electron chi connectivity index (χ0n) is 11.7. The first-order valence-corrected chi connectivity index (χ1v) is 7.32. The number of carbonyl (C=O) groups excluding carboxylic acids is 1. The molecule has 0 aromatic heterocycles. The summed E-state index contributed by atoms with van der Waals surface area (Å²) in [5.41, 5.74) is 7.23. The first-order valence-electron chi connectivity index (χ1n) is 7.32. The van der Waals surface area contributed by atoms with Crippen molar-refractivity contribution >= 4 is 18.3 Å². The second kappa shape index (κ2) is 6.59. The maximum Gasteiger partial charge on any atom is 0.239 e. The Hall–Kier alpha value is -1.06. The van der Waals surface area contributed by atoms with Crippen LogP contribution < -0.4 is 5.73 Å². The van der Waals surface area contributed by atoms with Gasteiger partial charge in [-0.15, -0.1) is 12.4 Å². The highest BCUT2D eigenvalue weighted by Gasteiger charge is 2.38. The van der Waals surface area contributed by atoms with Crippen LogP contribution in [0.15, 0.2) is 30.3 Å². The predicted molar refractivity (Wildman–Crippen MR) is 82.8 cm³/mol. The summed E-state index contributed by atoms with van der Waals surface area (Å²) in [4.78, 5) is 14.4. The van der Waals surface area contributed by atoms with Crippen LogP contribution in [0, 0.1) is 11.8 Å². The molecule has 1 saturated heterocycles. The molecule has 0 bridgehead atoms. The fourth-order valence-corrected chi connectivity index (χ4v) is 3.60. The monoisotopic (exact) mass is 294 g/mol. The molecule has 3 nitrogen and oxygen atoms in total. The number of hydrogen-bond acceptors (Lipinski definition) is 2. The summed E-state index contributed by atoms with van der Waals surface area (Å²) in [6.45, 7) is 1.87. The van der Waals surface area contributed by atoms with E-state index < -0.39 is 0 Å². The first kappa shape index (κ1) is 15.3. The van der Waals surface area contributed by atoms with E-state index in [4.69, 9.17) is 5.73 Å². The Morgan fingerprint density at radius 3 is 2.40 bits per heavy atom. The Balaban J connectivity index is 0.00000147. The maximum absolute atomic E-state index is 12.4. The zero-order chi connectivity index (χ0) is 13.2. The van der Waals surface area contributed by atoms with E-state index >= 15 is 0 Å². The Labute approximate surface area is 126 Å². The summed E-state index contributed by atoms with van der Waals surface area (Å²) in [5, 5.41) is 0. The lowest BCUT2D eigenvalue weighted by molar-refractivity contribution is -0.131. The molecule has 1 aliphatic carbocycles. The van der Waals surface area contributed by atoms with Gasteiger partial charge in [0.25, 0.3) is 0 Å². The van der Waals surface area contributed by atoms with Gasteiger partial charge in [-0.2, -0.15) is 0 Å². The summed E-state index contributed by atoms with van der Waals surface area (Å²) in [5.74, 6) is 1.62. The van der Waals surface area contributed by atoms with Crippen LogP contribution in [0.3, 0.4) is 0 Å². The Bertz CT molecular complexity index is 439. The second-order valence-corrected chi connectivity index (χ2v) is 5.99. The summed E-state index contributed by atoms with van der Waals surface area (Å²) in [7, 11) is 0. The van der Waals surface area contributed by atoms with E-state index in [1.54, 1.807) is 0 Å². The molecule has 4 heteroatoms. The molecular formula is C16H23ClN2O. The normalized spacial score (nSPS) is 25.9. The number of halogens is 1. The highest BCUT2D eigenvalue weighted by molar-refractivity contribution is 5.85. The molecule has 1 aromatic carbocycles. The number of likely N-dealkylation sites (tertiary alicyclic amines) is 1. The third-order valence-corrected chi connectivity index (χ3v) is 4.65. The third-order valence-electron chi connectivity index (χ3n) is 4.65. The van der Waals surface area contributed by atoms with Gasteiger partial charge in [0.05, 0.1) is 6.04 Å². The lowest BCUT2D eigenvalue weighted by Crippen LogP contribution is -2.44. The Morgan fingerprint density at radius 2 is 1.80 bits per heavy atom. The SMILES string of the molecule is Cl.N[C@@H](Cc1ccccc1)C(=O)N1CC2CCCC2C1. The fourth-order valence-electron chi connectivity index (χ4n) is 3.60. The zero-order valence-corrected chi connectivity index (χ0v) is 12.5. The number of hydrogen-bond donors (Lipinski definition) is 1. The molecule has 2 N–H and O–H groups in total. The molecule has 110 valence electrons. The van der Waals surface area contributed by atoms with Crippen molar-refractivity contribution in [3.63, 3.8) is 0 Å². The molecular weight excluding hydrogens is 272 g/mol. The van der Waals surface area contributed by atoms with Crippen LogP contribution in [0.25, 0.3) is 0 Å². The van der Waals surface area contributed by atoms with Crippen LogP contribution in [0.5, 0.6) is 0 Å². The number of amides is 1. The molecule has 1 aliphatic heterocycles. The van der Waals surface area contributed by atoms with Gasteiger partial charge in [-0.25, -0.2) is 0 Å². The molecule has 0 spiro atoms. The molecule has 3 rings (SSSR count). The minimum absolute atomic E-state index is 0. The van der Waals surface area contributed by atoms with Gasteiger partial charge in [0.15, 0.2) is 0 Å². The van der Waals surface area contributed by atoms with Crippen LogP contribution >= 0.6 is 12.4 Å². The van der Waals surface area contributed by atoms with E-state index in [1.807, 2.05) is 35.2 Å². The van der Waals surface area contributed by atoms with Crippen LogP contribution in [-0.4, -0.2) is 29.9 Å². The average molecular weight is 295 g/mol. The van der Waals surface area contributed by atoms with Gasteiger partial charge < -0.3 is 10.6 Å². The topological polar surface area (TPSA) is 46.3 Å². The van der Waals surface area contributed by atoms with Gasteiger partial charge in [-0.3, -0.25) is 4.79 Å². The fraction of sp³-hybridized carbons (Fsp3) is 0.562. The maximum atomic E-state index is 12.4. The molecule has 1 saturated carbocycles. The second-order valence-electron chi connectivity index (χ2n) is 5.99. The van der Waals surface area contributed by atoms with Gasteiger partial charge in [-0.1, -0.05) is 36.8 Å². The predicted octanol–water partition coefficient (Wildman–Crippen LogP) is 2.24. The number of nitrogens with two attached hydrogens (primary N) is 1. The third kappa shape index (κ3) is 3.15. The van der Waals surface area contributed by atoms with Crippen molar-refractivity contribution in [1.82, 2.24) is 4.90 Å². The molecule has 1 heterocycles. The van der Waals surface area contributed by atoms with E-state index in [0.717, 1.165) is 30.5 Å². The number of nitrogens with zero attached hydrogens (tertiary/aromatic N) is 1. The molecule has 2 aliphatic rings. The van der Waals surface area contributed by atoms with Gasteiger partial charge in [0.1, 0.15) is 0 Å². The smallest absolute Gasteiger partial charge is 0.239 e. The van der Waals surface area contributed by atoms with Gasteiger partial charge in [-0.05, 0) is 36.7 Å². The standard InChI is InChI=1S/C16H22N2O.ClH/c17-15(9-12-5-2-1-3-6-12)16(19)18-10-13-7-4-8-14(13)11-18;/h1-3,5-6,13-15H,4,7-11,17H2;1H/t13?,14?,15-;/m0./s1. The van der Waals surface area contributed by atoms with Crippen LogP contribution in [0.2, 0.25) is 0 Å². The van der Waals surface area contributed by atoms with Crippen molar-refractivity contribution in [2.75, 3.05) is 13.1 Å². The summed E-state index contributed by atoms with van der Waals surface area (Å²) in [6.07, 6.45) is 4.57. The first-order chi connectivity index (χ1) is 9.24. The van der Waals surface area contributed by atoms with Crippen LogP contribution in [0.4, 0.5) is 0 Å². The van der Waals surface area contributed by atoms with Crippen molar-refractivity contribution in [3.8, 4) is 0 Å². The van der Waals surface area contributed by atoms with E-state index in [-0.39, 0.29) is 24.4 Å². The number of rotatable bonds is 3. The summed E-state index contributed by atoms with van der Waals surface area (Å²) < 4.78 is 0. The van der Waals surface area contributed by atoms with E-state index in [9.17, 15) is 4.79 Å². The van der Waals surface area contributed by atoms with Crippen molar-refractivity contribution in [1.29, 1.82) is 0 Å². The summed E-state index contributed by atoms with van der Waals surface area (Å²) in [6, 6.07) is 9.65. The molecule has 1 aromatic rings. The quantitative estimate of drug-likeness (QED) is 0.929. The van der Waals surface area contributed by atoms with E-state index in [2.05, 4.69) is 0 Å². The van der Waals surface area contributed by atoms with Gasteiger partial charge in [0, 0.05) is 13.1 Å². The lowest BCUT2D eigenvalue weighted by atomic mass is 10.0. The van der Waals surface area contributed by atoms with Crippen LogP contribution in [0.1, 0.15) is 24.8 Å². The number of benzene rings is 1. The van der Waals surface area contributed by atoms with Crippen LogP contribution in [-0.2, 0) is 11.2 Å². The minimum Gasteiger partial charge on any atom is -0.341 e. The molecule has 2 fully saturated rings. The average Bonchev–Trinajstić information content (AvgIpc) is 2.99. The van der Waals surface area contributed by atoms with Gasteiger partial charge in [0.2, 0.25) is 5.91 Å². The highest BCUT2D eigenvalue weighted by Crippen LogP contribution is 2.37. The van der Waals surface area contributed by atoms with Crippen molar-refractivity contribution in [2.24, 2.45) is 17.6 Å². The van der Waals surface area contributed by atoms with E-state index in [0.29, 0.717) is 6.42 Å². The molecule has 1 amide bonds. The molecule has 2 unspecified atom stereocenters. The molecule has 3 atom stereocenters. The lowest BCUT2D eigenvalue weighted by Gasteiger charge is -2.21. The Morgan fingerprint density at radius 1 is 1.20 bits per heavy atom. The highest BCUT2D eigenvalue weighted by atomic mass is 35.5. The van der Waals surface area contributed by atoms with E-state index in [1.165, 1.54) is 19.3 Å². The van der Waals surface area contributed by atoms with Crippen molar-refractivity contribution in [3.05, 3.63) is 35.9 Å². The Kier molecular flexibility index (Phi) is 5.06. The largest absolute Gasteiger partial charge is 0.341 e. The molecule has 20 heavy (non-hydrogen) atoms. The minimum atomic E-state index is -0.388. The molecule has 0 radical (unpaired) electrons. The van der Waals surface area contributed by atoms with Crippen molar-refractivity contribution < 1.29 is 4.79 Å².